The minimum Gasteiger partial charge on any atom is -0.376 e. The zero-order chi connectivity index (χ0) is 17.7. The van der Waals surface area contributed by atoms with Gasteiger partial charge < -0.3 is 5.32 Å². The molecule has 2 rings (SSSR count). The highest BCUT2D eigenvalue weighted by molar-refractivity contribution is 6.42. The molecule has 0 saturated carbocycles. The molecule has 0 aliphatic heterocycles. The zero-order valence-corrected chi connectivity index (χ0v) is 14.8. The molecule has 126 valence electrons. The summed E-state index contributed by atoms with van der Waals surface area (Å²) in [7, 11) is 0. The minimum atomic E-state index is -0.478. The Bertz CT molecular complexity index is 778. The van der Waals surface area contributed by atoms with Crippen LogP contribution in [0.2, 0.25) is 10.0 Å². The van der Waals surface area contributed by atoms with Crippen LogP contribution in [0.25, 0.3) is 0 Å². The molecule has 0 aromatic heterocycles. The average Bonchev–Trinajstić information content (AvgIpc) is 2.54. The summed E-state index contributed by atoms with van der Waals surface area (Å²) in [5, 5.41) is 3.65. The van der Waals surface area contributed by atoms with Crippen molar-refractivity contribution in [1.29, 1.82) is 0 Å². The third-order valence-corrected chi connectivity index (χ3v) is 4.06. The molecule has 2 aromatic carbocycles. The zero-order valence-electron chi connectivity index (χ0n) is 13.2. The molecule has 0 atom stereocenters. The summed E-state index contributed by atoms with van der Waals surface area (Å²) in [5.74, 6) is -0.850. The van der Waals surface area contributed by atoms with E-state index in [1.807, 2.05) is 32.0 Å². The summed E-state index contributed by atoms with van der Waals surface area (Å²) in [6.07, 6.45) is 0. The standard InChI is InChI=1S/C17H17Cl2N3O2/c1-10-3-6-15(11(2)7-10)20-9-16(23)21-22-17(24)12-4-5-13(18)14(19)8-12/h3-8,20H,9H2,1-2H3,(H,21,23)(H,22,24). The Hall–Kier alpha value is -2.24. The fourth-order valence-corrected chi connectivity index (χ4v) is 2.37. The Morgan fingerprint density at radius 2 is 1.71 bits per heavy atom. The number of hydrogen-bond donors (Lipinski definition) is 3. The number of amides is 2. The Labute approximate surface area is 150 Å². The van der Waals surface area contributed by atoms with Crippen LogP contribution < -0.4 is 16.2 Å². The summed E-state index contributed by atoms with van der Waals surface area (Å²) in [5.41, 5.74) is 8.02. The molecule has 0 unspecified atom stereocenters. The second kappa shape index (κ2) is 8.04. The van der Waals surface area contributed by atoms with Gasteiger partial charge in [-0.3, -0.25) is 20.4 Å². The lowest BCUT2D eigenvalue weighted by Crippen LogP contribution is -2.44. The number of carbonyl (C=O) groups is 2. The van der Waals surface area contributed by atoms with Crippen LogP contribution in [0, 0.1) is 13.8 Å². The lowest BCUT2D eigenvalue weighted by atomic mass is 10.1. The molecular formula is C17H17Cl2N3O2. The van der Waals surface area contributed by atoms with Gasteiger partial charge in [0.05, 0.1) is 16.6 Å². The van der Waals surface area contributed by atoms with Crippen LogP contribution in [-0.4, -0.2) is 18.4 Å². The molecule has 0 aliphatic rings. The van der Waals surface area contributed by atoms with Crippen LogP contribution >= 0.6 is 23.2 Å². The van der Waals surface area contributed by atoms with Gasteiger partial charge in [0, 0.05) is 11.3 Å². The van der Waals surface area contributed by atoms with Gasteiger partial charge in [0.2, 0.25) is 0 Å². The molecule has 24 heavy (non-hydrogen) atoms. The summed E-state index contributed by atoms with van der Waals surface area (Å²) < 4.78 is 0. The number of nitrogens with one attached hydrogen (secondary N) is 3. The van der Waals surface area contributed by atoms with Gasteiger partial charge in [-0.15, -0.1) is 0 Å². The number of benzene rings is 2. The van der Waals surface area contributed by atoms with E-state index in [1.165, 1.54) is 18.2 Å². The fraction of sp³-hybridized carbons (Fsp3) is 0.176. The third-order valence-electron chi connectivity index (χ3n) is 3.32. The molecule has 3 N–H and O–H groups in total. The normalized spacial score (nSPS) is 10.2. The first kappa shape index (κ1) is 18.1. The second-order valence-corrected chi connectivity index (χ2v) is 6.12. The van der Waals surface area contributed by atoms with Crippen LogP contribution in [-0.2, 0) is 4.79 Å². The van der Waals surface area contributed by atoms with Crippen molar-refractivity contribution in [1.82, 2.24) is 10.9 Å². The maximum Gasteiger partial charge on any atom is 0.269 e. The van der Waals surface area contributed by atoms with E-state index in [2.05, 4.69) is 16.2 Å². The number of carbonyl (C=O) groups excluding carboxylic acids is 2. The van der Waals surface area contributed by atoms with Crippen LogP contribution in [0.5, 0.6) is 0 Å². The number of halogens is 2. The van der Waals surface area contributed by atoms with Gasteiger partial charge in [-0.2, -0.15) is 0 Å². The third kappa shape index (κ3) is 4.88. The highest BCUT2D eigenvalue weighted by atomic mass is 35.5. The van der Waals surface area contributed by atoms with Crippen molar-refractivity contribution in [3.8, 4) is 0 Å². The number of aryl methyl sites for hydroxylation is 2. The first-order chi connectivity index (χ1) is 11.4. The van der Waals surface area contributed by atoms with Gasteiger partial charge >= 0.3 is 0 Å². The molecular weight excluding hydrogens is 349 g/mol. The van der Waals surface area contributed by atoms with Crippen LogP contribution in [0.4, 0.5) is 5.69 Å². The molecule has 0 radical (unpaired) electrons. The number of rotatable bonds is 4. The van der Waals surface area contributed by atoms with E-state index in [9.17, 15) is 9.59 Å². The Morgan fingerprint density at radius 1 is 0.958 bits per heavy atom. The van der Waals surface area contributed by atoms with Gasteiger partial charge in [0.15, 0.2) is 0 Å². The van der Waals surface area contributed by atoms with Crippen molar-refractivity contribution in [2.75, 3.05) is 11.9 Å². The summed E-state index contributed by atoms with van der Waals surface area (Å²) in [4.78, 5) is 23.7. The topological polar surface area (TPSA) is 70.2 Å². The summed E-state index contributed by atoms with van der Waals surface area (Å²) in [6, 6.07) is 10.4. The second-order valence-electron chi connectivity index (χ2n) is 5.30. The molecule has 0 spiro atoms. The van der Waals surface area contributed by atoms with E-state index < -0.39 is 5.91 Å². The SMILES string of the molecule is Cc1ccc(NCC(=O)NNC(=O)c2ccc(Cl)c(Cl)c2)c(C)c1. The molecule has 0 bridgehead atoms. The van der Waals surface area contributed by atoms with Gasteiger partial charge in [-0.1, -0.05) is 40.9 Å². The van der Waals surface area contributed by atoms with E-state index in [1.54, 1.807) is 0 Å². The molecule has 7 heteroatoms. The molecule has 0 heterocycles. The predicted octanol–water partition coefficient (Wildman–Crippen LogP) is 3.48. The predicted molar refractivity (Wildman–Crippen MR) is 96.5 cm³/mol. The van der Waals surface area contributed by atoms with E-state index in [0.29, 0.717) is 10.6 Å². The highest BCUT2D eigenvalue weighted by Gasteiger charge is 2.09. The first-order valence-electron chi connectivity index (χ1n) is 7.22. The van der Waals surface area contributed by atoms with Gasteiger partial charge in [-0.25, -0.2) is 0 Å². The lowest BCUT2D eigenvalue weighted by molar-refractivity contribution is -0.120. The van der Waals surface area contributed by atoms with Crippen LogP contribution in [0.15, 0.2) is 36.4 Å². The summed E-state index contributed by atoms with van der Waals surface area (Å²) >= 11 is 11.6. The Balaban J connectivity index is 1.84. The van der Waals surface area contributed by atoms with Crippen molar-refractivity contribution in [2.24, 2.45) is 0 Å². The van der Waals surface area contributed by atoms with Crippen molar-refractivity contribution in [3.05, 3.63) is 63.1 Å². The minimum absolute atomic E-state index is 0.0333. The largest absolute Gasteiger partial charge is 0.376 e. The molecule has 0 fully saturated rings. The van der Waals surface area contributed by atoms with Crippen molar-refractivity contribution in [3.63, 3.8) is 0 Å². The van der Waals surface area contributed by atoms with E-state index in [4.69, 9.17) is 23.2 Å². The lowest BCUT2D eigenvalue weighted by Gasteiger charge is -2.11. The molecule has 0 aliphatic carbocycles. The smallest absolute Gasteiger partial charge is 0.269 e. The average molecular weight is 366 g/mol. The molecule has 0 saturated heterocycles. The quantitative estimate of drug-likeness (QED) is 0.726. The monoisotopic (exact) mass is 365 g/mol. The molecule has 2 aromatic rings. The van der Waals surface area contributed by atoms with Crippen molar-refractivity contribution in [2.45, 2.75) is 13.8 Å². The summed E-state index contributed by atoms with van der Waals surface area (Å²) in [6.45, 7) is 3.99. The van der Waals surface area contributed by atoms with Crippen molar-refractivity contribution < 1.29 is 9.59 Å². The van der Waals surface area contributed by atoms with E-state index in [0.717, 1.165) is 16.8 Å². The maximum atomic E-state index is 11.9. The van der Waals surface area contributed by atoms with E-state index >= 15 is 0 Å². The van der Waals surface area contributed by atoms with Gasteiger partial charge in [0.1, 0.15) is 0 Å². The number of hydrazine groups is 1. The Morgan fingerprint density at radius 3 is 2.38 bits per heavy atom. The van der Waals surface area contributed by atoms with Gasteiger partial charge in [0.25, 0.3) is 11.8 Å². The highest BCUT2D eigenvalue weighted by Crippen LogP contribution is 2.22. The fourth-order valence-electron chi connectivity index (χ4n) is 2.07. The number of hydrogen-bond acceptors (Lipinski definition) is 3. The number of anilines is 1. The van der Waals surface area contributed by atoms with Crippen molar-refractivity contribution >= 4 is 40.7 Å². The van der Waals surface area contributed by atoms with E-state index in [-0.39, 0.29) is 17.5 Å². The van der Waals surface area contributed by atoms with Crippen LogP contribution in [0.1, 0.15) is 21.5 Å². The maximum absolute atomic E-state index is 11.9. The Kier molecular flexibility index (Phi) is 6.06. The van der Waals surface area contributed by atoms with Gasteiger partial charge in [-0.05, 0) is 43.7 Å². The first-order valence-corrected chi connectivity index (χ1v) is 7.98. The molecule has 5 nitrogen and oxygen atoms in total. The molecule has 2 amide bonds. The van der Waals surface area contributed by atoms with Crippen LogP contribution in [0.3, 0.4) is 0 Å².